The highest BCUT2D eigenvalue weighted by Crippen LogP contribution is 2.31. The second kappa shape index (κ2) is 5.81. The van der Waals surface area contributed by atoms with E-state index in [0.717, 1.165) is 18.4 Å². The minimum Gasteiger partial charge on any atom is -0.349 e. The molecule has 4 N–H and O–H groups in total. The smallest absolute Gasteiger partial charge is 0.271 e. The number of nitrogens with one attached hydrogen (secondary N) is 2. The molecule has 0 spiro atoms. The van der Waals surface area contributed by atoms with Crippen LogP contribution in [0.15, 0.2) is 35.1 Å². The van der Waals surface area contributed by atoms with Gasteiger partial charge in [0.25, 0.3) is 11.5 Å². The normalized spacial score (nSPS) is 15.5. The number of hydrogen-bond acceptors (Lipinski definition) is 3. The lowest BCUT2D eigenvalue weighted by Gasteiger charge is -2.10. The largest absolute Gasteiger partial charge is 0.349 e. The lowest BCUT2D eigenvalue weighted by Crippen LogP contribution is -2.38. The van der Waals surface area contributed by atoms with Crippen LogP contribution >= 0.6 is 0 Å². The summed E-state index contributed by atoms with van der Waals surface area (Å²) >= 11 is 0. The molecule has 1 unspecified atom stereocenters. The molecule has 22 heavy (non-hydrogen) atoms. The summed E-state index contributed by atoms with van der Waals surface area (Å²) in [6.07, 6.45) is 2.27. The molecule has 3 rings (SSSR count). The van der Waals surface area contributed by atoms with E-state index in [1.807, 2.05) is 31.2 Å². The van der Waals surface area contributed by atoms with Gasteiger partial charge >= 0.3 is 0 Å². The van der Waals surface area contributed by atoms with Crippen molar-refractivity contribution in [1.82, 2.24) is 15.1 Å². The minimum absolute atomic E-state index is 0.00476. The van der Waals surface area contributed by atoms with E-state index < -0.39 is 0 Å². The summed E-state index contributed by atoms with van der Waals surface area (Å²) in [6.45, 7) is 2.41. The Bertz CT molecular complexity index is 725. The van der Waals surface area contributed by atoms with Crippen molar-refractivity contribution in [2.75, 3.05) is 6.54 Å². The SMILES string of the molecule is Cc1ccc(-n2[nH]c(C(=O)NCC(N)C3CC3)cc2=O)cc1. The molecule has 1 aromatic heterocycles. The van der Waals surface area contributed by atoms with Gasteiger partial charge in [-0.1, -0.05) is 17.7 Å². The Morgan fingerprint density at radius 1 is 1.41 bits per heavy atom. The van der Waals surface area contributed by atoms with Gasteiger partial charge in [0.1, 0.15) is 5.69 Å². The fraction of sp³-hybridized carbons (Fsp3) is 0.375. The number of aromatic amines is 1. The van der Waals surface area contributed by atoms with Crippen LogP contribution in [-0.4, -0.2) is 28.3 Å². The zero-order valence-corrected chi connectivity index (χ0v) is 12.5. The van der Waals surface area contributed by atoms with Gasteiger partial charge in [-0.3, -0.25) is 14.7 Å². The molecule has 1 amide bonds. The molecule has 0 radical (unpaired) electrons. The third-order valence-electron chi connectivity index (χ3n) is 3.98. The van der Waals surface area contributed by atoms with Crippen LogP contribution in [0.5, 0.6) is 0 Å². The zero-order valence-electron chi connectivity index (χ0n) is 12.5. The fourth-order valence-corrected chi connectivity index (χ4v) is 2.39. The number of nitrogens with zero attached hydrogens (tertiary/aromatic N) is 1. The van der Waals surface area contributed by atoms with Gasteiger partial charge in [0.2, 0.25) is 0 Å². The van der Waals surface area contributed by atoms with E-state index in [9.17, 15) is 9.59 Å². The maximum Gasteiger partial charge on any atom is 0.271 e. The van der Waals surface area contributed by atoms with E-state index in [1.54, 1.807) is 0 Å². The Hall–Kier alpha value is -2.34. The Morgan fingerprint density at radius 3 is 2.73 bits per heavy atom. The Morgan fingerprint density at radius 2 is 2.09 bits per heavy atom. The average molecular weight is 300 g/mol. The summed E-state index contributed by atoms with van der Waals surface area (Å²) in [4.78, 5) is 24.1. The molecule has 2 aromatic rings. The third kappa shape index (κ3) is 3.12. The minimum atomic E-state index is -0.306. The van der Waals surface area contributed by atoms with E-state index in [1.165, 1.54) is 10.7 Å². The maximum absolute atomic E-state index is 12.1. The Kier molecular flexibility index (Phi) is 3.85. The highest BCUT2D eigenvalue weighted by atomic mass is 16.2. The van der Waals surface area contributed by atoms with Crippen molar-refractivity contribution in [1.29, 1.82) is 0 Å². The first-order chi connectivity index (χ1) is 10.5. The number of carbonyl (C=O) groups excluding carboxylic acids is 1. The molecule has 116 valence electrons. The molecule has 0 aliphatic heterocycles. The van der Waals surface area contributed by atoms with Crippen LogP contribution in [0.2, 0.25) is 0 Å². The standard InChI is InChI=1S/C16H20N4O2/c1-10-2-6-12(7-3-10)20-15(21)8-14(19-20)16(22)18-9-13(17)11-4-5-11/h2-3,6-8,11,13,19H,4-5,9,17H2,1H3,(H,18,22). The van der Waals surface area contributed by atoms with Gasteiger partial charge in [0.15, 0.2) is 0 Å². The quantitative estimate of drug-likeness (QED) is 0.767. The number of nitrogens with two attached hydrogens (primary N) is 1. The Balaban J connectivity index is 1.72. The highest BCUT2D eigenvalue weighted by molar-refractivity contribution is 5.92. The summed E-state index contributed by atoms with van der Waals surface area (Å²) in [5.41, 5.74) is 7.74. The van der Waals surface area contributed by atoms with E-state index in [0.29, 0.717) is 18.2 Å². The van der Waals surface area contributed by atoms with Crippen LogP contribution in [0, 0.1) is 12.8 Å². The Labute approximate surface area is 128 Å². The number of carbonyl (C=O) groups is 1. The number of amides is 1. The molecule has 0 bridgehead atoms. The number of aromatic nitrogens is 2. The summed E-state index contributed by atoms with van der Waals surface area (Å²) in [5.74, 6) is 0.218. The van der Waals surface area contributed by atoms with Gasteiger partial charge in [0, 0.05) is 18.7 Å². The van der Waals surface area contributed by atoms with Crippen LogP contribution in [-0.2, 0) is 0 Å². The van der Waals surface area contributed by atoms with Crippen LogP contribution in [0.1, 0.15) is 28.9 Å². The van der Waals surface area contributed by atoms with E-state index >= 15 is 0 Å². The molecule has 6 heteroatoms. The second-order valence-electron chi connectivity index (χ2n) is 5.89. The summed E-state index contributed by atoms with van der Waals surface area (Å²) in [5, 5.41) is 5.61. The molecule has 1 fully saturated rings. The molecular weight excluding hydrogens is 280 g/mol. The topological polar surface area (TPSA) is 92.9 Å². The van der Waals surface area contributed by atoms with Gasteiger partial charge in [-0.25, -0.2) is 4.68 Å². The molecule has 1 heterocycles. The molecular formula is C16H20N4O2. The van der Waals surface area contributed by atoms with Crippen molar-refractivity contribution in [3.8, 4) is 5.69 Å². The first-order valence-electron chi connectivity index (χ1n) is 7.47. The number of H-pyrrole nitrogens is 1. The van der Waals surface area contributed by atoms with Crippen LogP contribution < -0.4 is 16.6 Å². The van der Waals surface area contributed by atoms with E-state index in [-0.39, 0.29) is 23.2 Å². The van der Waals surface area contributed by atoms with E-state index in [2.05, 4.69) is 10.4 Å². The van der Waals surface area contributed by atoms with Crippen LogP contribution in [0.3, 0.4) is 0 Å². The lowest BCUT2D eigenvalue weighted by molar-refractivity contribution is 0.0945. The summed E-state index contributed by atoms with van der Waals surface area (Å²) in [6, 6.07) is 8.79. The fourth-order valence-electron chi connectivity index (χ4n) is 2.39. The second-order valence-corrected chi connectivity index (χ2v) is 5.89. The maximum atomic E-state index is 12.1. The first-order valence-corrected chi connectivity index (χ1v) is 7.47. The van der Waals surface area contributed by atoms with Crippen molar-refractivity contribution in [3.63, 3.8) is 0 Å². The molecule has 1 aromatic carbocycles. The average Bonchev–Trinajstić information content (AvgIpc) is 3.28. The van der Waals surface area contributed by atoms with Crippen molar-refractivity contribution < 1.29 is 4.79 Å². The molecule has 6 nitrogen and oxygen atoms in total. The lowest BCUT2D eigenvalue weighted by atomic mass is 10.2. The predicted molar refractivity (Wildman–Crippen MR) is 84.2 cm³/mol. The molecule has 1 aliphatic carbocycles. The van der Waals surface area contributed by atoms with Crippen molar-refractivity contribution in [2.45, 2.75) is 25.8 Å². The first kappa shape index (κ1) is 14.6. The zero-order chi connectivity index (χ0) is 15.7. The van der Waals surface area contributed by atoms with E-state index in [4.69, 9.17) is 5.73 Å². The van der Waals surface area contributed by atoms with Crippen molar-refractivity contribution in [2.24, 2.45) is 11.7 Å². The monoisotopic (exact) mass is 300 g/mol. The number of benzene rings is 1. The van der Waals surface area contributed by atoms with Gasteiger partial charge < -0.3 is 11.1 Å². The summed E-state index contributed by atoms with van der Waals surface area (Å²) in [7, 11) is 0. The van der Waals surface area contributed by atoms with Crippen molar-refractivity contribution >= 4 is 5.91 Å². The van der Waals surface area contributed by atoms with Crippen LogP contribution in [0.4, 0.5) is 0 Å². The number of hydrogen-bond donors (Lipinski definition) is 3. The van der Waals surface area contributed by atoms with Crippen molar-refractivity contribution in [3.05, 3.63) is 51.9 Å². The molecule has 1 saturated carbocycles. The molecule has 1 atom stereocenters. The van der Waals surface area contributed by atoms with Gasteiger partial charge in [0.05, 0.1) is 5.69 Å². The van der Waals surface area contributed by atoms with Crippen LogP contribution in [0.25, 0.3) is 5.69 Å². The van der Waals surface area contributed by atoms with Gasteiger partial charge in [-0.15, -0.1) is 0 Å². The van der Waals surface area contributed by atoms with Gasteiger partial charge in [-0.2, -0.15) is 0 Å². The molecule has 1 aliphatic rings. The summed E-state index contributed by atoms with van der Waals surface area (Å²) < 4.78 is 1.36. The predicted octanol–water partition coefficient (Wildman–Crippen LogP) is 0.941. The highest BCUT2D eigenvalue weighted by Gasteiger charge is 2.28. The number of aryl methyl sites for hydroxylation is 1. The van der Waals surface area contributed by atoms with Gasteiger partial charge in [-0.05, 0) is 37.8 Å². The number of rotatable bonds is 5. The third-order valence-corrected chi connectivity index (χ3v) is 3.98. The molecule has 0 saturated heterocycles.